The molecule has 1 fully saturated rings. The Balaban J connectivity index is 2.42. The molecule has 1 aliphatic heterocycles. The molecule has 1 nitrogen and oxygen atoms in total. The van der Waals surface area contributed by atoms with E-state index >= 15 is 0 Å². The van der Waals surface area contributed by atoms with Crippen LogP contribution in [0.15, 0.2) is 12.2 Å². The van der Waals surface area contributed by atoms with Crippen LogP contribution in [0.5, 0.6) is 0 Å². The Bertz CT molecular complexity index is 259. The lowest BCUT2D eigenvalue weighted by Crippen LogP contribution is -2.43. The molecule has 21 heavy (non-hydrogen) atoms. The highest BCUT2D eigenvalue weighted by molar-refractivity contribution is 6.78. The fraction of sp³-hybridized carbons (Fsp3) is 0.895. The molecular formula is C19H39NSi. The highest BCUT2D eigenvalue weighted by atomic mass is 28.3. The van der Waals surface area contributed by atoms with Crippen molar-refractivity contribution >= 4 is 8.07 Å². The molecule has 0 aromatic carbocycles. The maximum absolute atomic E-state index is 2.81. The van der Waals surface area contributed by atoms with Crippen molar-refractivity contribution in [2.45, 2.75) is 90.3 Å². The second-order valence-corrected chi connectivity index (χ2v) is 12.8. The molecule has 2 heteroatoms. The molecule has 0 aliphatic carbocycles. The molecule has 0 unspecified atom stereocenters. The smallest absolute Gasteiger partial charge is 0.0666 e. The van der Waals surface area contributed by atoms with E-state index in [9.17, 15) is 0 Å². The Morgan fingerprint density at radius 2 is 1.19 bits per heavy atom. The zero-order chi connectivity index (χ0) is 15.4. The van der Waals surface area contributed by atoms with Crippen molar-refractivity contribution in [3.8, 4) is 0 Å². The van der Waals surface area contributed by atoms with Crippen LogP contribution in [0.3, 0.4) is 0 Å². The Hall–Kier alpha value is -0.0831. The van der Waals surface area contributed by atoms with Crippen molar-refractivity contribution in [2.75, 3.05) is 19.3 Å². The number of nitrogens with zero attached hydrogens (tertiary/aromatic N) is 1. The molecule has 1 rings (SSSR count). The zero-order valence-electron chi connectivity index (χ0n) is 15.0. The van der Waals surface area contributed by atoms with Crippen LogP contribution in [0.1, 0.15) is 71.1 Å². The monoisotopic (exact) mass is 309 g/mol. The van der Waals surface area contributed by atoms with Crippen LogP contribution < -0.4 is 0 Å². The standard InChI is InChI=1S/C19H39NSi/c1-4-5-18-21(2,3)19-20-16-14-12-10-8-6-7-9-11-13-15-17-20/h4-5H,6-19H2,1-3H3. The Morgan fingerprint density at radius 1 is 0.762 bits per heavy atom. The van der Waals surface area contributed by atoms with Crippen molar-refractivity contribution < 1.29 is 0 Å². The number of allylic oxidation sites excluding steroid dienone is 2. The van der Waals surface area contributed by atoms with Gasteiger partial charge in [0, 0.05) is 0 Å². The minimum absolute atomic E-state index is 1.07. The maximum atomic E-state index is 2.81. The van der Waals surface area contributed by atoms with E-state index in [-0.39, 0.29) is 0 Å². The molecule has 0 spiro atoms. The highest BCUT2D eigenvalue weighted by Gasteiger charge is 2.22. The average Bonchev–Trinajstić information content (AvgIpc) is 2.47. The topological polar surface area (TPSA) is 3.24 Å². The van der Waals surface area contributed by atoms with Gasteiger partial charge in [-0.3, -0.25) is 0 Å². The summed E-state index contributed by atoms with van der Waals surface area (Å²) in [5.41, 5.74) is 0. The van der Waals surface area contributed by atoms with Gasteiger partial charge in [-0.05, 0) is 45.1 Å². The van der Waals surface area contributed by atoms with Gasteiger partial charge in [0.05, 0.1) is 8.07 Å². The van der Waals surface area contributed by atoms with Crippen LogP contribution in [0.2, 0.25) is 19.1 Å². The number of hydrogen-bond acceptors (Lipinski definition) is 1. The molecular weight excluding hydrogens is 270 g/mol. The molecule has 0 atom stereocenters. The third-order valence-electron chi connectivity index (χ3n) is 4.76. The fourth-order valence-corrected chi connectivity index (χ4v) is 5.99. The van der Waals surface area contributed by atoms with Gasteiger partial charge in [0.2, 0.25) is 0 Å². The van der Waals surface area contributed by atoms with E-state index in [1.165, 1.54) is 89.5 Å². The third-order valence-corrected chi connectivity index (χ3v) is 7.40. The summed E-state index contributed by atoms with van der Waals surface area (Å²) >= 11 is 0. The summed E-state index contributed by atoms with van der Waals surface area (Å²) in [5, 5.41) is 0. The van der Waals surface area contributed by atoms with Gasteiger partial charge in [0.25, 0.3) is 0 Å². The summed E-state index contributed by atoms with van der Waals surface area (Å²) in [4.78, 5) is 2.81. The van der Waals surface area contributed by atoms with E-state index in [2.05, 4.69) is 37.1 Å². The largest absolute Gasteiger partial charge is 0.306 e. The van der Waals surface area contributed by atoms with Crippen LogP contribution in [0, 0.1) is 0 Å². The third kappa shape index (κ3) is 10.3. The van der Waals surface area contributed by atoms with Crippen LogP contribution in [-0.2, 0) is 0 Å². The summed E-state index contributed by atoms with van der Waals surface area (Å²) in [5.74, 6) is 0. The van der Waals surface area contributed by atoms with Gasteiger partial charge in [-0.15, -0.1) is 0 Å². The molecule has 1 saturated heterocycles. The fourth-order valence-electron chi connectivity index (χ4n) is 3.46. The SMILES string of the molecule is CC=CC[Si](C)(C)CN1CCCCCCCCCCCC1. The molecule has 0 bridgehead atoms. The van der Waals surface area contributed by atoms with Gasteiger partial charge < -0.3 is 4.90 Å². The molecule has 0 amide bonds. The van der Waals surface area contributed by atoms with Crippen molar-refractivity contribution in [3.05, 3.63) is 12.2 Å². The lowest BCUT2D eigenvalue weighted by atomic mass is 10.1. The van der Waals surface area contributed by atoms with Crippen molar-refractivity contribution in [1.82, 2.24) is 4.90 Å². The van der Waals surface area contributed by atoms with Gasteiger partial charge in [0.15, 0.2) is 0 Å². The van der Waals surface area contributed by atoms with Crippen molar-refractivity contribution in [1.29, 1.82) is 0 Å². The summed E-state index contributed by atoms with van der Waals surface area (Å²) in [6.07, 6.45) is 20.6. The zero-order valence-corrected chi connectivity index (χ0v) is 16.0. The summed E-state index contributed by atoms with van der Waals surface area (Å²) in [6.45, 7) is 9.99. The summed E-state index contributed by atoms with van der Waals surface area (Å²) < 4.78 is 0. The highest BCUT2D eigenvalue weighted by Crippen LogP contribution is 2.16. The van der Waals surface area contributed by atoms with Crippen LogP contribution in [0.4, 0.5) is 0 Å². The molecule has 1 aliphatic rings. The maximum Gasteiger partial charge on any atom is 0.0666 e. The van der Waals surface area contributed by atoms with E-state index in [0.29, 0.717) is 0 Å². The molecule has 0 N–H and O–H groups in total. The van der Waals surface area contributed by atoms with Gasteiger partial charge in [0.1, 0.15) is 0 Å². The Kier molecular flexibility index (Phi) is 10.4. The number of rotatable bonds is 4. The number of hydrogen-bond donors (Lipinski definition) is 0. The first-order chi connectivity index (χ1) is 10.1. The molecule has 0 aromatic heterocycles. The van der Waals surface area contributed by atoms with Gasteiger partial charge in [-0.2, -0.15) is 0 Å². The van der Waals surface area contributed by atoms with Crippen molar-refractivity contribution in [3.63, 3.8) is 0 Å². The minimum Gasteiger partial charge on any atom is -0.306 e. The molecule has 1 heterocycles. The van der Waals surface area contributed by atoms with Crippen LogP contribution in [0.25, 0.3) is 0 Å². The normalized spacial score (nSPS) is 21.7. The first-order valence-electron chi connectivity index (χ1n) is 9.47. The lowest BCUT2D eigenvalue weighted by molar-refractivity contribution is 0.296. The molecule has 0 radical (unpaired) electrons. The quantitative estimate of drug-likeness (QED) is 0.453. The molecule has 0 aromatic rings. The minimum atomic E-state index is -1.07. The predicted molar refractivity (Wildman–Crippen MR) is 99.7 cm³/mol. The summed E-state index contributed by atoms with van der Waals surface area (Å²) in [6, 6.07) is 1.35. The van der Waals surface area contributed by atoms with E-state index in [1.807, 2.05) is 0 Å². The predicted octanol–water partition coefficient (Wildman–Crippen LogP) is 6.03. The van der Waals surface area contributed by atoms with Gasteiger partial charge in [-0.1, -0.05) is 76.6 Å². The van der Waals surface area contributed by atoms with Crippen LogP contribution >= 0.6 is 0 Å². The summed E-state index contributed by atoms with van der Waals surface area (Å²) in [7, 11) is -1.07. The van der Waals surface area contributed by atoms with E-state index < -0.39 is 8.07 Å². The van der Waals surface area contributed by atoms with E-state index in [1.54, 1.807) is 0 Å². The van der Waals surface area contributed by atoms with Gasteiger partial charge in [-0.25, -0.2) is 0 Å². The lowest BCUT2D eigenvalue weighted by Gasteiger charge is -2.31. The molecule has 0 saturated carbocycles. The Labute approximate surface area is 135 Å². The van der Waals surface area contributed by atoms with Gasteiger partial charge >= 0.3 is 0 Å². The second-order valence-electron chi connectivity index (χ2n) is 7.75. The first-order valence-corrected chi connectivity index (χ1v) is 12.9. The van der Waals surface area contributed by atoms with E-state index in [4.69, 9.17) is 0 Å². The first kappa shape index (κ1) is 19.0. The van der Waals surface area contributed by atoms with E-state index in [0.717, 1.165) is 0 Å². The average molecular weight is 310 g/mol. The Morgan fingerprint density at radius 3 is 1.62 bits per heavy atom. The van der Waals surface area contributed by atoms with Crippen molar-refractivity contribution in [2.24, 2.45) is 0 Å². The van der Waals surface area contributed by atoms with Crippen LogP contribution in [-0.4, -0.2) is 32.2 Å². The second kappa shape index (κ2) is 11.5. The molecule has 124 valence electrons.